The van der Waals surface area contributed by atoms with Crippen LogP contribution in [0.25, 0.3) is 17.4 Å². The number of aryl methyl sites for hydroxylation is 1. The molecule has 2 aromatic carbocycles. The second kappa shape index (κ2) is 8.79. The third-order valence-electron chi connectivity index (χ3n) is 5.01. The summed E-state index contributed by atoms with van der Waals surface area (Å²) in [6.45, 7) is 1.82. The van der Waals surface area contributed by atoms with E-state index in [0.29, 0.717) is 17.0 Å². The van der Waals surface area contributed by atoms with Crippen molar-refractivity contribution in [1.82, 2.24) is 5.32 Å². The van der Waals surface area contributed by atoms with Gasteiger partial charge in [-0.3, -0.25) is 19.8 Å². The molecular weight excluding hydrogens is 447 g/mol. The van der Waals surface area contributed by atoms with Gasteiger partial charge < -0.3 is 9.15 Å². The van der Waals surface area contributed by atoms with Gasteiger partial charge in [-0.05, 0) is 79.3 Å². The van der Waals surface area contributed by atoms with E-state index in [1.807, 2.05) is 6.92 Å². The highest BCUT2D eigenvalue weighted by molar-refractivity contribution is 7.80. The highest BCUT2D eigenvalue weighted by atomic mass is 32.1. The van der Waals surface area contributed by atoms with Crippen molar-refractivity contribution in [2.45, 2.75) is 6.92 Å². The summed E-state index contributed by atoms with van der Waals surface area (Å²) in [7, 11) is 1.31. The number of esters is 1. The van der Waals surface area contributed by atoms with Gasteiger partial charge in [0.05, 0.1) is 18.4 Å². The molecule has 9 heteroatoms. The van der Waals surface area contributed by atoms with E-state index in [1.165, 1.54) is 37.5 Å². The number of methoxy groups -OCH3 is 1. The third-order valence-corrected chi connectivity index (χ3v) is 5.30. The lowest BCUT2D eigenvalue weighted by Crippen LogP contribution is -2.54. The lowest BCUT2D eigenvalue weighted by atomic mass is 10.0. The first-order chi connectivity index (χ1) is 15.8. The molecule has 166 valence electrons. The van der Waals surface area contributed by atoms with Crippen molar-refractivity contribution in [3.05, 3.63) is 82.9 Å². The molecule has 0 aliphatic carbocycles. The van der Waals surface area contributed by atoms with E-state index in [1.54, 1.807) is 30.3 Å². The number of benzene rings is 2. The largest absolute Gasteiger partial charge is 0.465 e. The fourth-order valence-electron chi connectivity index (χ4n) is 3.38. The standard InChI is InChI=1S/C24H17FN2O5S/c1-13-11-14(23(30)31-2)3-9-18(13)20-10-8-17(32-20)12-19-21(28)26-24(33)27(22(19)29)16-6-4-15(25)5-7-16/h3-12H,1-2H3,(H,26,28,33). The second-order valence-electron chi connectivity index (χ2n) is 7.16. The van der Waals surface area contributed by atoms with Crippen LogP contribution in [0.4, 0.5) is 10.1 Å². The number of nitrogens with zero attached hydrogens (tertiary/aromatic N) is 1. The van der Waals surface area contributed by atoms with Gasteiger partial charge in [0.1, 0.15) is 22.9 Å². The number of anilines is 1. The zero-order valence-corrected chi connectivity index (χ0v) is 18.4. The van der Waals surface area contributed by atoms with Gasteiger partial charge in [0.25, 0.3) is 11.8 Å². The topological polar surface area (TPSA) is 88.9 Å². The van der Waals surface area contributed by atoms with Crippen LogP contribution in [0.5, 0.6) is 0 Å². The summed E-state index contributed by atoms with van der Waals surface area (Å²) in [5.74, 6) is -1.48. The summed E-state index contributed by atoms with van der Waals surface area (Å²) >= 11 is 5.13. The number of ether oxygens (including phenoxy) is 1. The zero-order valence-electron chi connectivity index (χ0n) is 17.5. The molecule has 1 fully saturated rings. The minimum absolute atomic E-state index is 0.102. The Morgan fingerprint density at radius 3 is 2.52 bits per heavy atom. The van der Waals surface area contributed by atoms with Gasteiger partial charge in [0.2, 0.25) is 0 Å². The van der Waals surface area contributed by atoms with Gasteiger partial charge in [0, 0.05) is 5.56 Å². The Balaban J connectivity index is 1.65. The molecule has 0 atom stereocenters. The van der Waals surface area contributed by atoms with Crippen LogP contribution < -0.4 is 10.2 Å². The third kappa shape index (κ3) is 4.31. The maximum absolute atomic E-state index is 13.3. The van der Waals surface area contributed by atoms with Crippen LogP contribution in [-0.4, -0.2) is 30.0 Å². The van der Waals surface area contributed by atoms with Crippen molar-refractivity contribution in [2.75, 3.05) is 12.0 Å². The van der Waals surface area contributed by atoms with E-state index in [2.05, 4.69) is 5.32 Å². The summed E-state index contributed by atoms with van der Waals surface area (Å²) in [6, 6.07) is 13.5. The van der Waals surface area contributed by atoms with Crippen molar-refractivity contribution in [3.63, 3.8) is 0 Å². The van der Waals surface area contributed by atoms with Gasteiger partial charge in [-0.25, -0.2) is 9.18 Å². The fraction of sp³-hybridized carbons (Fsp3) is 0.0833. The summed E-state index contributed by atoms with van der Waals surface area (Å²) in [4.78, 5) is 38.3. The summed E-state index contributed by atoms with van der Waals surface area (Å²) in [6.07, 6.45) is 1.32. The van der Waals surface area contributed by atoms with Crippen LogP contribution >= 0.6 is 12.2 Å². The normalized spacial score (nSPS) is 15.1. The fourth-order valence-corrected chi connectivity index (χ4v) is 3.67. The molecule has 1 aromatic heterocycles. The highest BCUT2D eigenvalue weighted by Gasteiger charge is 2.34. The van der Waals surface area contributed by atoms with Crippen LogP contribution in [0.15, 0.2) is 64.6 Å². The Morgan fingerprint density at radius 1 is 1.12 bits per heavy atom. The molecule has 33 heavy (non-hydrogen) atoms. The maximum Gasteiger partial charge on any atom is 0.337 e. The molecule has 0 saturated carbocycles. The Labute approximate surface area is 193 Å². The van der Waals surface area contributed by atoms with E-state index in [0.717, 1.165) is 16.0 Å². The number of rotatable bonds is 4. The van der Waals surface area contributed by atoms with E-state index in [4.69, 9.17) is 21.4 Å². The molecule has 1 saturated heterocycles. The Morgan fingerprint density at radius 2 is 1.85 bits per heavy atom. The molecule has 4 rings (SSSR count). The second-order valence-corrected chi connectivity index (χ2v) is 7.54. The number of amides is 2. The van der Waals surface area contributed by atoms with Gasteiger partial charge in [-0.15, -0.1) is 0 Å². The molecule has 0 bridgehead atoms. The van der Waals surface area contributed by atoms with E-state index in [-0.39, 0.29) is 16.4 Å². The number of furan rings is 1. The van der Waals surface area contributed by atoms with Crippen LogP contribution in [0, 0.1) is 12.7 Å². The lowest BCUT2D eigenvalue weighted by molar-refractivity contribution is -0.122. The van der Waals surface area contributed by atoms with Gasteiger partial charge >= 0.3 is 5.97 Å². The Kier molecular flexibility index (Phi) is 5.89. The van der Waals surface area contributed by atoms with Gasteiger partial charge in [-0.1, -0.05) is 6.07 Å². The molecule has 2 amide bonds. The minimum Gasteiger partial charge on any atom is -0.465 e. The minimum atomic E-state index is -0.667. The van der Waals surface area contributed by atoms with E-state index >= 15 is 0 Å². The van der Waals surface area contributed by atoms with Crippen LogP contribution in [-0.2, 0) is 14.3 Å². The van der Waals surface area contributed by atoms with E-state index < -0.39 is 23.6 Å². The van der Waals surface area contributed by atoms with Crippen LogP contribution in [0.2, 0.25) is 0 Å². The molecule has 1 N–H and O–H groups in total. The molecule has 3 aromatic rings. The molecule has 2 heterocycles. The van der Waals surface area contributed by atoms with Crippen molar-refractivity contribution in [1.29, 1.82) is 0 Å². The number of thiocarbonyl (C=S) groups is 1. The SMILES string of the molecule is COC(=O)c1ccc(-c2ccc(C=C3C(=O)NC(=S)N(c4ccc(F)cc4)C3=O)o2)c(C)c1. The average molecular weight is 464 g/mol. The summed E-state index contributed by atoms with van der Waals surface area (Å²) in [5, 5.41) is 2.36. The lowest BCUT2D eigenvalue weighted by Gasteiger charge is -2.28. The number of hydrogen-bond acceptors (Lipinski definition) is 6. The molecule has 1 aliphatic heterocycles. The first kappa shape index (κ1) is 22.1. The van der Waals surface area contributed by atoms with Gasteiger partial charge in [0.15, 0.2) is 5.11 Å². The summed E-state index contributed by atoms with van der Waals surface area (Å²) in [5.41, 5.74) is 2.06. The van der Waals surface area contributed by atoms with Crippen molar-refractivity contribution >= 4 is 46.9 Å². The quantitative estimate of drug-likeness (QED) is 0.272. The van der Waals surface area contributed by atoms with Crippen molar-refractivity contribution in [2.24, 2.45) is 0 Å². The molecule has 0 radical (unpaired) electrons. The number of hydrogen-bond donors (Lipinski definition) is 1. The highest BCUT2D eigenvalue weighted by Crippen LogP contribution is 2.28. The molecule has 7 nitrogen and oxygen atoms in total. The summed E-state index contributed by atoms with van der Waals surface area (Å²) < 4.78 is 23.8. The molecule has 1 aliphatic rings. The number of halogens is 1. The Hall–Kier alpha value is -4.11. The van der Waals surface area contributed by atoms with E-state index in [9.17, 15) is 18.8 Å². The molecule has 0 unspecified atom stereocenters. The van der Waals surface area contributed by atoms with Gasteiger partial charge in [-0.2, -0.15) is 0 Å². The number of carbonyl (C=O) groups is 3. The van der Waals surface area contributed by atoms with Crippen LogP contribution in [0.1, 0.15) is 21.7 Å². The van der Waals surface area contributed by atoms with Crippen molar-refractivity contribution < 1.29 is 27.9 Å². The monoisotopic (exact) mass is 464 g/mol. The smallest absolute Gasteiger partial charge is 0.337 e. The molecule has 0 spiro atoms. The molecular formula is C24H17FN2O5S. The first-order valence-corrected chi connectivity index (χ1v) is 10.2. The maximum atomic E-state index is 13.3. The first-order valence-electron chi connectivity index (χ1n) is 9.74. The van der Waals surface area contributed by atoms with Crippen LogP contribution in [0.3, 0.4) is 0 Å². The number of nitrogens with one attached hydrogen (secondary N) is 1. The predicted octanol–water partition coefficient (Wildman–Crippen LogP) is 4.01. The Bertz CT molecular complexity index is 1330. The average Bonchev–Trinajstić information content (AvgIpc) is 3.25. The zero-order chi connectivity index (χ0) is 23.7. The number of carbonyl (C=O) groups excluding carboxylic acids is 3. The predicted molar refractivity (Wildman–Crippen MR) is 123 cm³/mol. The van der Waals surface area contributed by atoms with Crippen molar-refractivity contribution in [3.8, 4) is 11.3 Å².